The smallest absolute Gasteiger partial charge is 0.150 e. The van der Waals surface area contributed by atoms with E-state index in [1.165, 1.54) is 0 Å². The van der Waals surface area contributed by atoms with Gasteiger partial charge >= 0.3 is 0 Å². The summed E-state index contributed by atoms with van der Waals surface area (Å²) >= 11 is 0. The second kappa shape index (κ2) is 3.89. The molecule has 0 amide bonds. The number of rotatable bonds is 1. The van der Waals surface area contributed by atoms with Gasteiger partial charge in [-0.1, -0.05) is 0 Å². The zero-order chi connectivity index (χ0) is 10.0. The van der Waals surface area contributed by atoms with Gasteiger partial charge in [-0.25, -0.2) is 4.39 Å². The molecule has 14 heavy (non-hydrogen) atoms. The summed E-state index contributed by atoms with van der Waals surface area (Å²) in [4.78, 5) is 0. The van der Waals surface area contributed by atoms with Gasteiger partial charge in [0.05, 0.1) is 12.9 Å². The van der Waals surface area contributed by atoms with Crippen molar-refractivity contribution in [3.8, 4) is 0 Å². The number of hydrogen-bond donors (Lipinski definition) is 1. The van der Waals surface area contributed by atoms with E-state index in [-0.39, 0.29) is 6.04 Å². The van der Waals surface area contributed by atoms with Crippen molar-refractivity contribution in [2.24, 2.45) is 0 Å². The molecule has 1 N–H and O–H groups in total. The van der Waals surface area contributed by atoms with Gasteiger partial charge in [-0.05, 0) is 39.2 Å². The van der Waals surface area contributed by atoms with Crippen molar-refractivity contribution in [2.75, 3.05) is 13.2 Å². The maximum Gasteiger partial charge on any atom is 0.150 e. The summed E-state index contributed by atoms with van der Waals surface area (Å²) in [6.07, 6.45) is 4.99. The number of ether oxygens (including phenoxy) is 1. The Labute approximate surface area is 84.5 Å². The molecule has 2 unspecified atom stereocenters. The van der Waals surface area contributed by atoms with Gasteiger partial charge in [-0.3, -0.25) is 0 Å². The maximum absolute atomic E-state index is 14.6. The Morgan fingerprint density at radius 1 is 1.57 bits per heavy atom. The Morgan fingerprint density at radius 2 is 2.43 bits per heavy atom. The number of hydrogen-bond acceptors (Lipinski definition) is 2. The first kappa shape index (κ1) is 9.97. The molecule has 0 radical (unpaired) electrons. The second-order valence-corrected chi connectivity index (χ2v) is 4.26. The van der Waals surface area contributed by atoms with Crippen molar-refractivity contribution in [3.05, 3.63) is 11.8 Å². The first-order valence-electron chi connectivity index (χ1n) is 5.47. The van der Waals surface area contributed by atoms with Crippen molar-refractivity contribution in [1.82, 2.24) is 5.32 Å². The topological polar surface area (TPSA) is 21.3 Å². The zero-order valence-electron chi connectivity index (χ0n) is 8.68. The predicted octanol–water partition coefficient (Wildman–Crippen LogP) is 2.16. The molecule has 2 atom stereocenters. The van der Waals surface area contributed by atoms with E-state index in [4.69, 9.17) is 4.74 Å². The van der Waals surface area contributed by atoms with E-state index >= 15 is 0 Å². The van der Waals surface area contributed by atoms with Gasteiger partial charge in [0.2, 0.25) is 0 Å². The van der Waals surface area contributed by atoms with Crippen LogP contribution in [0.5, 0.6) is 0 Å². The molecule has 80 valence electrons. The molecule has 0 spiro atoms. The third-order valence-corrected chi connectivity index (χ3v) is 3.32. The molecule has 2 rings (SSSR count). The normalized spacial score (nSPS) is 38.7. The molecule has 3 heteroatoms. The minimum Gasteiger partial charge on any atom is -0.501 e. The monoisotopic (exact) mass is 199 g/mol. The molecule has 2 heterocycles. The van der Waals surface area contributed by atoms with Gasteiger partial charge in [0, 0.05) is 11.6 Å². The standard InChI is InChI=1S/C11H18FNO/c1-9-11(12,5-3-6-13-9)10-4-2-7-14-8-10/h8-9,13H,2-7H2,1H3. The van der Waals surface area contributed by atoms with Crippen LogP contribution in [-0.2, 0) is 4.74 Å². The van der Waals surface area contributed by atoms with E-state index in [2.05, 4.69) is 5.32 Å². The molecule has 0 bridgehead atoms. The molecular weight excluding hydrogens is 181 g/mol. The zero-order valence-corrected chi connectivity index (χ0v) is 8.68. The van der Waals surface area contributed by atoms with Crippen LogP contribution in [0.2, 0.25) is 0 Å². The first-order chi connectivity index (χ1) is 6.73. The van der Waals surface area contributed by atoms with Crippen LogP contribution in [0.25, 0.3) is 0 Å². The van der Waals surface area contributed by atoms with E-state index in [1.807, 2.05) is 6.92 Å². The summed E-state index contributed by atoms with van der Waals surface area (Å²) in [5.74, 6) is 0. The van der Waals surface area contributed by atoms with Gasteiger partial charge in [-0.15, -0.1) is 0 Å². The average Bonchev–Trinajstić information content (AvgIpc) is 2.24. The maximum atomic E-state index is 14.6. The highest BCUT2D eigenvalue weighted by molar-refractivity contribution is 5.21. The van der Waals surface area contributed by atoms with Crippen LogP contribution in [0.1, 0.15) is 32.6 Å². The van der Waals surface area contributed by atoms with Crippen molar-refractivity contribution < 1.29 is 9.13 Å². The van der Waals surface area contributed by atoms with Crippen molar-refractivity contribution >= 4 is 0 Å². The van der Waals surface area contributed by atoms with E-state index in [0.717, 1.165) is 38.0 Å². The molecule has 0 aromatic heterocycles. The molecule has 1 saturated heterocycles. The summed E-state index contributed by atoms with van der Waals surface area (Å²) in [5.41, 5.74) is -0.318. The summed E-state index contributed by atoms with van der Waals surface area (Å²) in [5, 5.41) is 3.20. The van der Waals surface area contributed by atoms with Gasteiger partial charge in [0.15, 0.2) is 0 Å². The van der Waals surface area contributed by atoms with Gasteiger partial charge in [-0.2, -0.15) is 0 Å². The molecule has 0 aromatic carbocycles. The Hall–Kier alpha value is -0.570. The average molecular weight is 199 g/mol. The van der Waals surface area contributed by atoms with Crippen LogP contribution in [0.15, 0.2) is 11.8 Å². The van der Waals surface area contributed by atoms with Gasteiger partial charge in [0.1, 0.15) is 5.67 Å². The predicted molar refractivity (Wildman–Crippen MR) is 53.8 cm³/mol. The van der Waals surface area contributed by atoms with Crippen LogP contribution in [-0.4, -0.2) is 24.9 Å². The third kappa shape index (κ3) is 1.65. The van der Waals surface area contributed by atoms with Gasteiger partial charge < -0.3 is 10.1 Å². The fraction of sp³-hybridized carbons (Fsp3) is 0.818. The minimum atomic E-state index is -1.17. The summed E-state index contributed by atoms with van der Waals surface area (Å²) in [6.45, 7) is 3.59. The Balaban J connectivity index is 2.15. The van der Waals surface area contributed by atoms with Crippen molar-refractivity contribution in [2.45, 2.75) is 44.3 Å². The molecular formula is C11H18FNO. The Morgan fingerprint density at radius 3 is 3.07 bits per heavy atom. The number of piperidine rings is 1. The lowest BCUT2D eigenvalue weighted by atomic mass is 9.80. The van der Waals surface area contributed by atoms with Crippen molar-refractivity contribution in [3.63, 3.8) is 0 Å². The largest absolute Gasteiger partial charge is 0.501 e. The van der Waals surface area contributed by atoms with E-state index in [9.17, 15) is 4.39 Å². The Bertz CT molecular complexity index is 241. The van der Waals surface area contributed by atoms with Crippen molar-refractivity contribution in [1.29, 1.82) is 0 Å². The summed E-state index contributed by atoms with van der Waals surface area (Å²) < 4.78 is 19.9. The summed E-state index contributed by atoms with van der Waals surface area (Å²) in [6, 6.07) is -0.0794. The SMILES string of the molecule is CC1NCCCC1(F)C1=COCCC1. The van der Waals surface area contributed by atoms with Crippen LogP contribution in [0.4, 0.5) is 4.39 Å². The number of alkyl halides is 1. The van der Waals surface area contributed by atoms with Gasteiger partial charge in [0.25, 0.3) is 0 Å². The highest BCUT2D eigenvalue weighted by atomic mass is 19.1. The fourth-order valence-corrected chi connectivity index (χ4v) is 2.35. The van der Waals surface area contributed by atoms with Crippen LogP contribution < -0.4 is 5.32 Å². The highest BCUT2D eigenvalue weighted by Gasteiger charge is 2.42. The molecule has 0 aliphatic carbocycles. The number of halogens is 1. The molecule has 0 saturated carbocycles. The third-order valence-electron chi connectivity index (χ3n) is 3.32. The highest BCUT2D eigenvalue weighted by Crippen LogP contribution is 2.37. The molecule has 0 aromatic rings. The minimum absolute atomic E-state index is 0.0794. The lowest BCUT2D eigenvalue weighted by Crippen LogP contribution is -2.51. The molecule has 2 nitrogen and oxygen atoms in total. The second-order valence-electron chi connectivity index (χ2n) is 4.26. The van der Waals surface area contributed by atoms with Crippen LogP contribution in [0.3, 0.4) is 0 Å². The van der Waals surface area contributed by atoms with E-state index in [0.29, 0.717) is 6.42 Å². The summed E-state index contributed by atoms with van der Waals surface area (Å²) in [7, 11) is 0. The van der Waals surface area contributed by atoms with Crippen LogP contribution in [0, 0.1) is 0 Å². The lowest BCUT2D eigenvalue weighted by molar-refractivity contribution is 0.0950. The quantitative estimate of drug-likeness (QED) is 0.698. The van der Waals surface area contributed by atoms with Crippen LogP contribution >= 0.6 is 0 Å². The molecule has 1 fully saturated rings. The Kier molecular flexibility index (Phi) is 2.77. The molecule has 2 aliphatic heterocycles. The van der Waals surface area contributed by atoms with E-state index in [1.54, 1.807) is 6.26 Å². The fourth-order valence-electron chi connectivity index (χ4n) is 2.35. The lowest BCUT2D eigenvalue weighted by Gasteiger charge is -2.39. The molecule has 2 aliphatic rings. The first-order valence-corrected chi connectivity index (χ1v) is 5.47. The van der Waals surface area contributed by atoms with E-state index < -0.39 is 5.67 Å². The number of nitrogens with one attached hydrogen (secondary N) is 1.